The molecule has 0 atom stereocenters. The second-order valence-electron chi connectivity index (χ2n) is 7.58. The second-order valence-corrected chi connectivity index (χ2v) is 15.4. The van der Waals surface area contributed by atoms with Crippen LogP contribution in [0.3, 0.4) is 0 Å². The fraction of sp³-hybridized carbons (Fsp3) is 0.0769. The van der Waals surface area contributed by atoms with E-state index in [9.17, 15) is 0 Å². The van der Waals surface area contributed by atoms with E-state index in [-0.39, 0.29) is 0 Å². The van der Waals surface area contributed by atoms with E-state index in [1.165, 1.54) is 31.0 Å². The normalized spacial score (nSPS) is 13.9. The molecule has 130 valence electrons. The Hall–Kier alpha value is -2.58. The van der Waals surface area contributed by atoms with Crippen LogP contribution in [0.25, 0.3) is 11.1 Å². The van der Waals surface area contributed by atoms with Gasteiger partial charge in [-0.3, -0.25) is 0 Å². The van der Waals surface area contributed by atoms with Crippen molar-refractivity contribution in [1.29, 1.82) is 0 Å². The molecule has 0 fully saturated rings. The molecule has 1 aliphatic heterocycles. The summed E-state index contributed by atoms with van der Waals surface area (Å²) in [7, 11) is 0. The Morgan fingerprint density at radius 3 is 1.30 bits per heavy atom. The van der Waals surface area contributed by atoms with E-state index >= 15 is 0 Å². The van der Waals surface area contributed by atoms with Crippen molar-refractivity contribution in [2.45, 2.75) is 13.8 Å². The van der Waals surface area contributed by atoms with E-state index in [4.69, 9.17) is 0 Å². The van der Waals surface area contributed by atoms with E-state index in [0.29, 0.717) is 0 Å². The van der Waals surface area contributed by atoms with E-state index in [1.54, 1.807) is 8.79 Å². The minimum absolute atomic E-state index is 1.33. The van der Waals surface area contributed by atoms with Crippen molar-refractivity contribution in [3.63, 3.8) is 0 Å². The maximum atomic E-state index is 2.42. The number of hydrogen-bond donors (Lipinski definition) is 0. The Morgan fingerprint density at radius 1 is 0.481 bits per heavy atom. The number of rotatable bonds is 2. The van der Waals surface area contributed by atoms with Gasteiger partial charge in [0, 0.05) is 0 Å². The molecule has 27 heavy (non-hydrogen) atoms. The molecule has 4 aromatic carbocycles. The number of aryl methyl sites for hydroxylation is 2. The molecule has 5 rings (SSSR count). The van der Waals surface area contributed by atoms with Gasteiger partial charge in [0.2, 0.25) is 0 Å². The predicted octanol–water partition coefficient (Wildman–Crippen LogP) is 3.66. The van der Waals surface area contributed by atoms with Gasteiger partial charge in [-0.15, -0.1) is 0 Å². The molecule has 0 bridgehead atoms. The van der Waals surface area contributed by atoms with Crippen LogP contribution in [0.5, 0.6) is 0 Å². The third kappa shape index (κ3) is 2.36. The number of hydrogen-bond acceptors (Lipinski definition) is 0. The standard InChI is InChI=1S/C26H22Ge/c1-19-13-15-25-23(17-19)24-18-20(2)14-16-26(24)27(25,21-9-5-3-6-10-21)22-11-7-4-8-12-22/h3-18H,1-2H3. The predicted molar refractivity (Wildman–Crippen MR) is 119 cm³/mol. The fourth-order valence-corrected chi connectivity index (χ4v) is 15.5. The topological polar surface area (TPSA) is 0 Å². The van der Waals surface area contributed by atoms with Crippen molar-refractivity contribution in [3.8, 4) is 11.1 Å². The fourth-order valence-electron chi connectivity index (χ4n) is 4.73. The molecule has 0 aromatic heterocycles. The maximum absolute atomic E-state index is 2.97. The average molecular weight is 407 g/mol. The molecule has 0 saturated heterocycles. The van der Waals surface area contributed by atoms with Gasteiger partial charge in [0.05, 0.1) is 0 Å². The van der Waals surface area contributed by atoms with E-state index in [0.717, 1.165) is 0 Å². The van der Waals surface area contributed by atoms with Gasteiger partial charge in [-0.05, 0) is 0 Å². The molecule has 0 aliphatic carbocycles. The zero-order chi connectivity index (χ0) is 18.4. The van der Waals surface area contributed by atoms with Crippen molar-refractivity contribution in [2.75, 3.05) is 0 Å². The van der Waals surface area contributed by atoms with Gasteiger partial charge in [-0.25, -0.2) is 0 Å². The van der Waals surface area contributed by atoms with Crippen LogP contribution in [0.1, 0.15) is 11.1 Å². The molecule has 1 aliphatic rings. The first-order chi connectivity index (χ1) is 13.2. The molecule has 0 nitrogen and oxygen atoms in total. The zero-order valence-corrected chi connectivity index (χ0v) is 17.8. The van der Waals surface area contributed by atoms with Gasteiger partial charge in [-0.1, -0.05) is 0 Å². The molecule has 0 spiro atoms. The molecular formula is C26H22Ge. The summed E-state index contributed by atoms with van der Waals surface area (Å²) in [5, 5.41) is 0. The van der Waals surface area contributed by atoms with E-state index in [2.05, 4.69) is 111 Å². The Labute approximate surface area is 163 Å². The first kappa shape index (κ1) is 16.6. The van der Waals surface area contributed by atoms with Crippen LogP contribution >= 0.6 is 0 Å². The summed E-state index contributed by atoms with van der Waals surface area (Å²) in [5.74, 6) is 0. The van der Waals surface area contributed by atoms with Gasteiger partial charge in [0.15, 0.2) is 0 Å². The summed E-state index contributed by atoms with van der Waals surface area (Å²) < 4.78 is 6.16. The quantitative estimate of drug-likeness (QED) is 0.392. The molecule has 0 amide bonds. The van der Waals surface area contributed by atoms with Crippen molar-refractivity contribution in [3.05, 3.63) is 108 Å². The van der Waals surface area contributed by atoms with Gasteiger partial charge in [0.25, 0.3) is 0 Å². The van der Waals surface area contributed by atoms with E-state index in [1.807, 2.05) is 0 Å². The summed E-state index contributed by atoms with van der Waals surface area (Å²) in [6.45, 7) is 4.40. The number of benzene rings is 4. The van der Waals surface area contributed by atoms with Crippen molar-refractivity contribution >= 4 is 30.8 Å². The van der Waals surface area contributed by atoms with E-state index < -0.39 is 13.3 Å². The molecule has 0 N–H and O–H groups in total. The third-order valence-electron chi connectivity index (χ3n) is 5.86. The first-order valence-electron chi connectivity index (χ1n) is 9.55. The summed E-state index contributed by atoms with van der Waals surface area (Å²) in [6, 6.07) is 36.7. The third-order valence-corrected chi connectivity index (χ3v) is 16.1. The molecule has 0 saturated carbocycles. The van der Waals surface area contributed by atoms with Gasteiger partial charge < -0.3 is 0 Å². The molecule has 0 unspecified atom stereocenters. The summed E-state index contributed by atoms with van der Waals surface area (Å²) in [4.78, 5) is 0. The second kappa shape index (κ2) is 6.25. The van der Waals surface area contributed by atoms with Crippen molar-refractivity contribution in [2.24, 2.45) is 0 Å². The average Bonchev–Trinajstić information content (AvgIpc) is 2.99. The van der Waals surface area contributed by atoms with Crippen LogP contribution in [-0.2, 0) is 0 Å². The first-order valence-corrected chi connectivity index (χ1v) is 13.7. The Kier molecular flexibility index (Phi) is 3.84. The summed E-state index contributed by atoms with van der Waals surface area (Å²) in [6.07, 6.45) is 0. The molecule has 1 heterocycles. The van der Waals surface area contributed by atoms with Crippen LogP contribution in [0.2, 0.25) is 0 Å². The molecular weight excluding hydrogens is 385 g/mol. The van der Waals surface area contributed by atoms with Crippen LogP contribution in [-0.4, -0.2) is 13.3 Å². The Balaban J connectivity index is 1.98. The van der Waals surface area contributed by atoms with Gasteiger partial charge in [-0.2, -0.15) is 0 Å². The number of fused-ring (bicyclic) bond motifs is 3. The van der Waals surface area contributed by atoms with Gasteiger partial charge >= 0.3 is 164 Å². The Morgan fingerprint density at radius 2 is 0.889 bits per heavy atom. The van der Waals surface area contributed by atoms with Crippen LogP contribution < -0.4 is 17.6 Å². The van der Waals surface area contributed by atoms with Crippen LogP contribution in [0, 0.1) is 13.8 Å². The molecule has 4 aromatic rings. The van der Waals surface area contributed by atoms with Gasteiger partial charge in [0.1, 0.15) is 0 Å². The summed E-state index contributed by atoms with van der Waals surface area (Å²) in [5.41, 5.74) is 5.56. The van der Waals surface area contributed by atoms with Crippen LogP contribution in [0.15, 0.2) is 97.1 Å². The summed E-state index contributed by atoms with van der Waals surface area (Å²) >= 11 is -2.97. The molecule has 1 heteroatoms. The molecule has 0 radical (unpaired) electrons. The van der Waals surface area contributed by atoms with Crippen LogP contribution in [0.4, 0.5) is 0 Å². The zero-order valence-electron chi connectivity index (χ0n) is 15.7. The van der Waals surface area contributed by atoms with Crippen molar-refractivity contribution in [1.82, 2.24) is 0 Å². The Bertz CT molecular complexity index is 1030. The van der Waals surface area contributed by atoms with Crippen molar-refractivity contribution < 1.29 is 0 Å². The minimum atomic E-state index is -2.97. The monoisotopic (exact) mass is 408 g/mol. The SMILES string of the molecule is Cc1cc[c]2c(c1)-c1cc(C)cc[c]1[Ge]2([c]1ccccc1)[c]1ccccc1.